The molecule has 0 bridgehead atoms. The molecule has 1 aliphatic rings. The molecule has 0 saturated carbocycles. The predicted octanol–water partition coefficient (Wildman–Crippen LogP) is 1.24. The van der Waals surface area contributed by atoms with E-state index in [0.29, 0.717) is 12.5 Å². The number of fused-ring (bicyclic) bond motifs is 1. The maximum atomic E-state index is 8.94. The molecule has 1 atom stereocenters. The van der Waals surface area contributed by atoms with Crippen LogP contribution in [0.1, 0.15) is 17.0 Å². The standard InChI is InChI=1S/C8H11NOS/c10-4-6-1-2-7-8(3-6)11-5-9-7/h5-6,10H,1-4H2. The molecule has 0 aromatic carbocycles. The molecule has 60 valence electrons. The maximum absolute atomic E-state index is 8.94. The van der Waals surface area contributed by atoms with Crippen molar-refractivity contribution in [2.45, 2.75) is 19.3 Å². The third kappa shape index (κ3) is 1.30. The third-order valence-electron chi connectivity index (χ3n) is 2.25. The molecule has 2 rings (SSSR count). The summed E-state index contributed by atoms with van der Waals surface area (Å²) >= 11 is 1.72. The van der Waals surface area contributed by atoms with Crippen molar-refractivity contribution in [1.82, 2.24) is 4.98 Å². The minimum atomic E-state index is 0.331. The molecule has 0 radical (unpaired) electrons. The van der Waals surface area contributed by atoms with Crippen LogP contribution in [-0.2, 0) is 12.8 Å². The average molecular weight is 169 g/mol. The lowest BCUT2D eigenvalue weighted by molar-refractivity contribution is 0.214. The fraction of sp³-hybridized carbons (Fsp3) is 0.625. The minimum absolute atomic E-state index is 0.331. The third-order valence-corrected chi connectivity index (χ3v) is 3.14. The van der Waals surface area contributed by atoms with Gasteiger partial charge in [0.1, 0.15) is 0 Å². The molecular weight excluding hydrogens is 158 g/mol. The van der Waals surface area contributed by atoms with Gasteiger partial charge in [-0.3, -0.25) is 0 Å². The topological polar surface area (TPSA) is 33.1 Å². The maximum Gasteiger partial charge on any atom is 0.0797 e. The number of aromatic nitrogens is 1. The van der Waals surface area contributed by atoms with E-state index in [0.717, 1.165) is 19.3 Å². The Labute approximate surface area is 69.9 Å². The summed E-state index contributed by atoms with van der Waals surface area (Å²) in [6.45, 7) is 0.331. The van der Waals surface area contributed by atoms with E-state index >= 15 is 0 Å². The number of rotatable bonds is 1. The highest BCUT2D eigenvalue weighted by atomic mass is 32.1. The highest BCUT2D eigenvalue weighted by molar-refractivity contribution is 7.09. The molecule has 0 amide bonds. The van der Waals surface area contributed by atoms with Gasteiger partial charge < -0.3 is 5.11 Å². The Kier molecular flexibility index (Phi) is 1.92. The number of hydrogen-bond acceptors (Lipinski definition) is 3. The number of aliphatic hydroxyl groups is 1. The van der Waals surface area contributed by atoms with Crippen molar-refractivity contribution in [1.29, 1.82) is 0 Å². The summed E-state index contributed by atoms with van der Waals surface area (Å²) in [6, 6.07) is 0. The Morgan fingerprint density at radius 2 is 2.64 bits per heavy atom. The zero-order valence-corrected chi connectivity index (χ0v) is 7.10. The van der Waals surface area contributed by atoms with Crippen molar-refractivity contribution < 1.29 is 5.11 Å². The van der Waals surface area contributed by atoms with E-state index in [4.69, 9.17) is 5.11 Å². The van der Waals surface area contributed by atoms with Crippen LogP contribution >= 0.6 is 11.3 Å². The number of hydrogen-bond donors (Lipinski definition) is 1. The van der Waals surface area contributed by atoms with Gasteiger partial charge in [-0.25, -0.2) is 4.98 Å². The van der Waals surface area contributed by atoms with Crippen molar-refractivity contribution in [3.8, 4) is 0 Å². The summed E-state index contributed by atoms with van der Waals surface area (Å²) in [5.41, 5.74) is 3.17. The van der Waals surface area contributed by atoms with Crippen LogP contribution in [0.3, 0.4) is 0 Å². The van der Waals surface area contributed by atoms with Crippen molar-refractivity contribution in [2.75, 3.05) is 6.61 Å². The van der Waals surface area contributed by atoms with E-state index in [1.165, 1.54) is 10.6 Å². The van der Waals surface area contributed by atoms with Gasteiger partial charge in [0.05, 0.1) is 11.2 Å². The van der Waals surface area contributed by atoms with Crippen molar-refractivity contribution in [3.63, 3.8) is 0 Å². The van der Waals surface area contributed by atoms with Crippen LogP contribution in [0.2, 0.25) is 0 Å². The second-order valence-electron chi connectivity index (χ2n) is 3.01. The monoisotopic (exact) mass is 169 g/mol. The normalized spacial score (nSPS) is 23.2. The molecule has 0 aliphatic heterocycles. The van der Waals surface area contributed by atoms with Crippen LogP contribution in [0, 0.1) is 5.92 Å². The lowest BCUT2D eigenvalue weighted by Crippen LogP contribution is -2.16. The lowest BCUT2D eigenvalue weighted by atomic mass is 9.92. The van der Waals surface area contributed by atoms with E-state index in [9.17, 15) is 0 Å². The van der Waals surface area contributed by atoms with Gasteiger partial charge in [-0.15, -0.1) is 11.3 Å². The molecule has 3 heteroatoms. The van der Waals surface area contributed by atoms with Crippen molar-refractivity contribution in [3.05, 3.63) is 16.1 Å². The van der Waals surface area contributed by atoms with E-state index in [2.05, 4.69) is 4.98 Å². The second-order valence-corrected chi connectivity index (χ2v) is 3.95. The molecule has 2 nitrogen and oxygen atoms in total. The zero-order chi connectivity index (χ0) is 7.68. The van der Waals surface area contributed by atoms with Gasteiger partial charge >= 0.3 is 0 Å². The van der Waals surface area contributed by atoms with Crippen LogP contribution < -0.4 is 0 Å². The van der Waals surface area contributed by atoms with Crippen LogP contribution in [0.5, 0.6) is 0 Å². The minimum Gasteiger partial charge on any atom is -0.396 e. The molecule has 1 aromatic rings. The first-order valence-corrected chi connectivity index (χ1v) is 4.80. The van der Waals surface area contributed by atoms with Gasteiger partial charge in [0.25, 0.3) is 0 Å². The van der Waals surface area contributed by atoms with Gasteiger partial charge in [0.15, 0.2) is 0 Å². The average Bonchev–Trinajstić information content (AvgIpc) is 2.50. The van der Waals surface area contributed by atoms with Crippen LogP contribution in [0.15, 0.2) is 5.51 Å². The van der Waals surface area contributed by atoms with Crippen LogP contribution in [0.25, 0.3) is 0 Å². The van der Waals surface area contributed by atoms with E-state index in [-0.39, 0.29) is 0 Å². The highest BCUT2D eigenvalue weighted by Crippen LogP contribution is 2.26. The van der Waals surface area contributed by atoms with Gasteiger partial charge in [-0.1, -0.05) is 0 Å². The van der Waals surface area contributed by atoms with Gasteiger partial charge in [0.2, 0.25) is 0 Å². The van der Waals surface area contributed by atoms with E-state index in [1.54, 1.807) is 11.3 Å². The predicted molar refractivity (Wildman–Crippen MR) is 44.7 cm³/mol. The summed E-state index contributed by atoms with van der Waals surface area (Å²) < 4.78 is 0. The molecule has 1 unspecified atom stereocenters. The van der Waals surface area contributed by atoms with Gasteiger partial charge in [0, 0.05) is 11.5 Å². The van der Waals surface area contributed by atoms with Crippen molar-refractivity contribution in [2.24, 2.45) is 5.92 Å². The van der Waals surface area contributed by atoms with E-state index in [1.807, 2.05) is 5.51 Å². The van der Waals surface area contributed by atoms with Gasteiger partial charge in [-0.05, 0) is 25.2 Å². The molecule has 0 spiro atoms. The van der Waals surface area contributed by atoms with Crippen molar-refractivity contribution >= 4 is 11.3 Å². The zero-order valence-electron chi connectivity index (χ0n) is 6.29. The number of nitrogens with zero attached hydrogens (tertiary/aromatic N) is 1. The Morgan fingerprint density at radius 3 is 3.45 bits per heavy atom. The van der Waals surface area contributed by atoms with Crippen LogP contribution in [-0.4, -0.2) is 16.7 Å². The smallest absolute Gasteiger partial charge is 0.0797 e. The SMILES string of the molecule is OCC1CCc2ncsc2C1. The fourth-order valence-corrected chi connectivity index (χ4v) is 2.45. The molecule has 1 aromatic heterocycles. The fourth-order valence-electron chi connectivity index (χ4n) is 1.52. The molecular formula is C8H11NOS. The number of thiazole rings is 1. The Morgan fingerprint density at radius 1 is 1.73 bits per heavy atom. The summed E-state index contributed by atoms with van der Waals surface area (Å²) in [4.78, 5) is 5.65. The highest BCUT2D eigenvalue weighted by Gasteiger charge is 2.19. The number of aliphatic hydroxyl groups excluding tert-OH is 1. The second kappa shape index (κ2) is 2.91. The summed E-state index contributed by atoms with van der Waals surface area (Å²) in [6.07, 6.45) is 3.20. The Bertz CT molecular complexity index is 246. The van der Waals surface area contributed by atoms with Gasteiger partial charge in [-0.2, -0.15) is 0 Å². The molecule has 0 saturated heterocycles. The quantitative estimate of drug-likeness (QED) is 0.686. The molecule has 1 N–H and O–H groups in total. The lowest BCUT2D eigenvalue weighted by Gasteiger charge is -2.18. The molecule has 11 heavy (non-hydrogen) atoms. The molecule has 1 heterocycles. The first kappa shape index (κ1) is 7.25. The number of aryl methyl sites for hydroxylation is 1. The van der Waals surface area contributed by atoms with Crippen LogP contribution in [0.4, 0.5) is 0 Å². The first-order chi connectivity index (χ1) is 5.40. The molecule has 0 fully saturated rings. The summed E-state index contributed by atoms with van der Waals surface area (Å²) in [5, 5.41) is 8.94. The summed E-state index contributed by atoms with van der Waals surface area (Å²) in [5.74, 6) is 0.489. The Hall–Kier alpha value is -0.410. The molecule has 1 aliphatic carbocycles. The van der Waals surface area contributed by atoms with E-state index < -0.39 is 0 Å². The largest absolute Gasteiger partial charge is 0.396 e. The first-order valence-electron chi connectivity index (χ1n) is 3.92. The Balaban J connectivity index is 2.18. The summed E-state index contributed by atoms with van der Waals surface area (Å²) in [7, 11) is 0.